The van der Waals surface area contributed by atoms with Crippen molar-refractivity contribution in [3.05, 3.63) is 35.6 Å². The molecular weight excluding hydrogens is 223 g/mol. The summed E-state index contributed by atoms with van der Waals surface area (Å²) >= 11 is 0. The van der Waals surface area contributed by atoms with Crippen LogP contribution in [0.1, 0.15) is 31.7 Å². The zero-order valence-corrected chi connectivity index (χ0v) is 9.86. The van der Waals surface area contributed by atoms with Crippen LogP contribution in [0, 0.1) is 5.82 Å². The smallest absolute Gasteiger partial charge is 0.293 e. The van der Waals surface area contributed by atoms with Gasteiger partial charge >= 0.3 is 0 Å². The van der Waals surface area contributed by atoms with Gasteiger partial charge in [0.15, 0.2) is 0 Å². The van der Waals surface area contributed by atoms with Crippen molar-refractivity contribution in [1.82, 2.24) is 0 Å². The van der Waals surface area contributed by atoms with E-state index in [2.05, 4.69) is 4.74 Å². The van der Waals surface area contributed by atoms with Gasteiger partial charge in [0.1, 0.15) is 5.82 Å². The second-order valence-electron chi connectivity index (χ2n) is 3.95. The molecule has 0 unspecified atom stereocenters. The summed E-state index contributed by atoms with van der Waals surface area (Å²) < 4.78 is 16.9. The molecule has 1 fully saturated rings. The van der Waals surface area contributed by atoms with Crippen molar-refractivity contribution in [3.63, 3.8) is 0 Å². The first-order chi connectivity index (χ1) is 8.12. The second-order valence-corrected chi connectivity index (χ2v) is 3.95. The summed E-state index contributed by atoms with van der Waals surface area (Å²) in [4.78, 5) is 9.18. The standard InChI is InChI=1S/C10H11FO.C3H6O2/c11-9-4-1-3-8(7-9)10(12)5-2-6-10;1-2-5-3-4/h1,3-4,7,12H,2,5-6H2;3H,2H2,1H3. The van der Waals surface area contributed by atoms with Crippen molar-refractivity contribution in [1.29, 1.82) is 0 Å². The Labute approximate surface area is 100 Å². The van der Waals surface area contributed by atoms with Gasteiger partial charge in [-0.2, -0.15) is 0 Å². The third kappa shape index (κ3) is 3.82. The number of ether oxygens (including phenoxy) is 1. The van der Waals surface area contributed by atoms with Crippen LogP contribution in [0.5, 0.6) is 0 Å². The van der Waals surface area contributed by atoms with Gasteiger partial charge in [0, 0.05) is 0 Å². The molecule has 94 valence electrons. The lowest BCUT2D eigenvalue weighted by Gasteiger charge is -2.37. The fourth-order valence-corrected chi connectivity index (χ4v) is 1.65. The van der Waals surface area contributed by atoms with Gasteiger partial charge in [-0.25, -0.2) is 4.39 Å². The van der Waals surface area contributed by atoms with E-state index in [-0.39, 0.29) is 5.82 Å². The highest BCUT2D eigenvalue weighted by Gasteiger charge is 2.36. The van der Waals surface area contributed by atoms with Gasteiger partial charge < -0.3 is 9.84 Å². The molecule has 0 radical (unpaired) electrons. The van der Waals surface area contributed by atoms with Gasteiger partial charge in [0.25, 0.3) is 6.47 Å². The van der Waals surface area contributed by atoms with Gasteiger partial charge in [-0.05, 0) is 43.9 Å². The third-order valence-corrected chi connectivity index (χ3v) is 2.78. The molecule has 0 spiro atoms. The first-order valence-electron chi connectivity index (χ1n) is 5.66. The first-order valence-corrected chi connectivity index (χ1v) is 5.66. The third-order valence-electron chi connectivity index (χ3n) is 2.78. The summed E-state index contributed by atoms with van der Waals surface area (Å²) in [6.07, 6.45) is 2.56. The van der Waals surface area contributed by atoms with E-state index >= 15 is 0 Å². The van der Waals surface area contributed by atoms with Crippen molar-refractivity contribution >= 4 is 6.47 Å². The maximum absolute atomic E-state index is 12.7. The maximum Gasteiger partial charge on any atom is 0.293 e. The summed E-state index contributed by atoms with van der Waals surface area (Å²) in [5.41, 5.74) is -0.0176. The van der Waals surface area contributed by atoms with Crippen molar-refractivity contribution in [3.8, 4) is 0 Å². The Balaban J connectivity index is 0.000000249. The molecule has 0 atom stereocenters. The molecule has 0 aromatic heterocycles. The SMILES string of the molecule is CCOC=O.OC1(c2cccc(F)c2)CCC1. The minimum Gasteiger partial charge on any atom is -0.468 e. The van der Waals surface area contributed by atoms with E-state index in [1.165, 1.54) is 12.1 Å². The molecule has 1 N–H and O–H groups in total. The van der Waals surface area contributed by atoms with Gasteiger partial charge in [-0.15, -0.1) is 0 Å². The highest BCUT2D eigenvalue weighted by atomic mass is 19.1. The first kappa shape index (κ1) is 13.6. The van der Waals surface area contributed by atoms with Crippen molar-refractivity contribution in [2.75, 3.05) is 6.61 Å². The molecule has 3 nitrogen and oxygen atoms in total. The molecule has 1 aromatic rings. The molecular formula is C13H17FO3. The van der Waals surface area contributed by atoms with Crippen LogP contribution in [0.15, 0.2) is 24.3 Å². The topological polar surface area (TPSA) is 46.5 Å². The van der Waals surface area contributed by atoms with Crippen LogP contribution < -0.4 is 0 Å². The van der Waals surface area contributed by atoms with E-state index in [1.54, 1.807) is 19.1 Å². The highest BCUT2D eigenvalue weighted by Crippen LogP contribution is 2.40. The average Bonchev–Trinajstić information content (AvgIpc) is 2.28. The minimum atomic E-state index is -0.734. The van der Waals surface area contributed by atoms with Crippen LogP contribution >= 0.6 is 0 Å². The lowest BCUT2D eigenvalue weighted by atomic mass is 9.75. The van der Waals surface area contributed by atoms with E-state index in [0.717, 1.165) is 19.3 Å². The van der Waals surface area contributed by atoms with Crippen molar-refractivity contribution in [2.24, 2.45) is 0 Å². The fraction of sp³-hybridized carbons (Fsp3) is 0.462. The number of halogens is 1. The average molecular weight is 240 g/mol. The Hall–Kier alpha value is -1.42. The monoisotopic (exact) mass is 240 g/mol. The Kier molecular flexibility index (Phi) is 5.10. The number of hydrogen-bond acceptors (Lipinski definition) is 3. The Morgan fingerprint density at radius 2 is 2.24 bits per heavy atom. The van der Waals surface area contributed by atoms with Crippen molar-refractivity contribution in [2.45, 2.75) is 31.8 Å². The Bertz CT molecular complexity index is 361. The lowest BCUT2D eigenvalue weighted by molar-refractivity contribution is -0.128. The van der Waals surface area contributed by atoms with Crippen LogP contribution in [0.3, 0.4) is 0 Å². The summed E-state index contributed by atoms with van der Waals surface area (Å²) in [5.74, 6) is -0.271. The summed E-state index contributed by atoms with van der Waals surface area (Å²) in [5, 5.41) is 9.84. The summed E-state index contributed by atoms with van der Waals surface area (Å²) in [7, 11) is 0. The normalized spacial score (nSPS) is 16.2. The Morgan fingerprint density at radius 1 is 1.53 bits per heavy atom. The van der Waals surface area contributed by atoms with Crippen LogP contribution in [-0.2, 0) is 15.1 Å². The number of rotatable bonds is 3. The number of carbonyl (C=O) groups excluding carboxylic acids is 1. The molecule has 0 heterocycles. The van der Waals surface area contributed by atoms with Crippen LogP contribution in [0.4, 0.5) is 4.39 Å². The maximum atomic E-state index is 12.7. The van der Waals surface area contributed by atoms with E-state index in [9.17, 15) is 14.3 Å². The molecule has 17 heavy (non-hydrogen) atoms. The zero-order chi connectivity index (χ0) is 12.7. The quantitative estimate of drug-likeness (QED) is 0.825. The summed E-state index contributed by atoms with van der Waals surface area (Å²) in [6, 6.07) is 6.23. The molecule has 4 heteroatoms. The largest absolute Gasteiger partial charge is 0.468 e. The number of carbonyl (C=O) groups is 1. The van der Waals surface area contributed by atoms with E-state index < -0.39 is 5.60 Å². The van der Waals surface area contributed by atoms with E-state index in [1.807, 2.05) is 0 Å². The fourth-order valence-electron chi connectivity index (χ4n) is 1.65. The predicted molar refractivity (Wildman–Crippen MR) is 61.8 cm³/mol. The molecule has 1 aliphatic carbocycles. The predicted octanol–water partition coefficient (Wildman–Crippen LogP) is 2.38. The lowest BCUT2D eigenvalue weighted by Crippen LogP contribution is -2.33. The van der Waals surface area contributed by atoms with Gasteiger partial charge in [0.2, 0.25) is 0 Å². The van der Waals surface area contributed by atoms with Crippen LogP contribution in [0.25, 0.3) is 0 Å². The Morgan fingerprint density at radius 3 is 2.59 bits per heavy atom. The zero-order valence-electron chi connectivity index (χ0n) is 9.86. The molecule has 0 saturated heterocycles. The molecule has 1 saturated carbocycles. The molecule has 1 aromatic carbocycles. The molecule has 2 rings (SSSR count). The summed E-state index contributed by atoms with van der Waals surface area (Å²) in [6.45, 7) is 2.66. The number of aliphatic hydroxyl groups is 1. The van der Waals surface area contributed by atoms with Gasteiger partial charge in [-0.3, -0.25) is 4.79 Å². The molecule has 1 aliphatic rings. The van der Waals surface area contributed by atoms with E-state index in [0.29, 0.717) is 18.6 Å². The van der Waals surface area contributed by atoms with Crippen LogP contribution in [-0.4, -0.2) is 18.2 Å². The molecule has 0 aliphatic heterocycles. The molecule has 0 amide bonds. The molecule has 0 bridgehead atoms. The van der Waals surface area contributed by atoms with Gasteiger partial charge in [-0.1, -0.05) is 12.1 Å². The van der Waals surface area contributed by atoms with Crippen molar-refractivity contribution < 1.29 is 19.0 Å². The number of hydrogen-bond donors (Lipinski definition) is 1. The van der Waals surface area contributed by atoms with Crippen LogP contribution in [0.2, 0.25) is 0 Å². The second kappa shape index (κ2) is 6.35. The highest BCUT2D eigenvalue weighted by molar-refractivity contribution is 5.36. The minimum absolute atomic E-state index is 0.271. The van der Waals surface area contributed by atoms with E-state index in [4.69, 9.17) is 0 Å². The number of benzene rings is 1. The van der Waals surface area contributed by atoms with Gasteiger partial charge in [0.05, 0.1) is 12.2 Å².